The molecule has 0 aliphatic rings. The van der Waals surface area contributed by atoms with E-state index in [-0.39, 0.29) is 0 Å². The third-order valence-electron chi connectivity index (χ3n) is 4.75. The van der Waals surface area contributed by atoms with Crippen LogP contribution in [0.2, 0.25) is 0 Å². The lowest BCUT2D eigenvalue weighted by Crippen LogP contribution is -2.05. The fraction of sp³-hybridized carbons (Fsp3) is 0.125. The standard InChI is InChI=1S/C24H21N5/c1-28(2)14-13-21-20(15-25)23-24(29(21)16-18-9-5-3-6-10-18)22(26-17-27-23)19-11-7-4-8-12-19/h3-14,17H,16H2,1-2H3. The van der Waals surface area contributed by atoms with Gasteiger partial charge in [0.1, 0.15) is 23.5 Å². The third-order valence-corrected chi connectivity index (χ3v) is 4.75. The Bertz CT molecular complexity index is 1200. The Balaban J connectivity index is 2.04. The molecule has 0 fully saturated rings. The minimum Gasteiger partial charge on any atom is -0.383 e. The zero-order valence-electron chi connectivity index (χ0n) is 16.4. The topological polar surface area (TPSA) is 57.7 Å². The van der Waals surface area contributed by atoms with Gasteiger partial charge in [0, 0.05) is 32.4 Å². The first-order valence-corrected chi connectivity index (χ1v) is 9.40. The van der Waals surface area contributed by atoms with Crippen molar-refractivity contribution in [3.05, 3.63) is 90.0 Å². The minimum atomic E-state index is 0.564. The van der Waals surface area contributed by atoms with Crippen LogP contribution in [-0.4, -0.2) is 33.5 Å². The maximum atomic E-state index is 9.95. The number of nitriles is 1. The van der Waals surface area contributed by atoms with Gasteiger partial charge in [-0.1, -0.05) is 60.7 Å². The molecule has 0 atom stereocenters. The zero-order chi connectivity index (χ0) is 20.2. The molecule has 0 radical (unpaired) electrons. The van der Waals surface area contributed by atoms with Gasteiger partial charge in [-0.3, -0.25) is 0 Å². The number of nitrogens with zero attached hydrogens (tertiary/aromatic N) is 5. The monoisotopic (exact) mass is 379 g/mol. The summed E-state index contributed by atoms with van der Waals surface area (Å²) in [5, 5.41) is 9.95. The molecule has 0 amide bonds. The summed E-state index contributed by atoms with van der Waals surface area (Å²) in [4.78, 5) is 11.0. The van der Waals surface area contributed by atoms with Crippen LogP contribution in [0.4, 0.5) is 0 Å². The fourth-order valence-corrected chi connectivity index (χ4v) is 3.43. The Morgan fingerprint density at radius 3 is 2.34 bits per heavy atom. The fourth-order valence-electron chi connectivity index (χ4n) is 3.43. The first-order chi connectivity index (χ1) is 14.2. The molecule has 0 aliphatic heterocycles. The Kier molecular flexibility index (Phi) is 5.08. The van der Waals surface area contributed by atoms with E-state index >= 15 is 0 Å². The lowest BCUT2D eigenvalue weighted by Gasteiger charge is -2.12. The SMILES string of the molecule is CN(C)C=Cc1c(C#N)c2ncnc(-c3ccccc3)c2n1Cc1ccccc1. The number of hydrogen-bond donors (Lipinski definition) is 0. The lowest BCUT2D eigenvalue weighted by molar-refractivity contribution is 0.567. The smallest absolute Gasteiger partial charge is 0.116 e. The predicted octanol–water partition coefficient (Wildman–Crippen LogP) is 4.55. The number of hydrogen-bond acceptors (Lipinski definition) is 4. The van der Waals surface area contributed by atoms with Crippen LogP contribution >= 0.6 is 0 Å². The molecule has 0 spiro atoms. The van der Waals surface area contributed by atoms with Gasteiger partial charge in [0.05, 0.1) is 16.9 Å². The predicted molar refractivity (Wildman–Crippen MR) is 116 cm³/mol. The Morgan fingerprint density at radius 2 is 1.69 bits per heavy atom. The van der Waals surface area contributed by atoms with Crippen molar-refractivity contribution >= 4 is 17.1 Å². The summed E-state index contributed by atoms with van der Waals surface area (Å²) in [5.41, 5.74) is 5.92. The maximum absolute atomic E-state index is 9.95. The molecule has 5 heteroatoms. The summed E-state index contributed by atoms with van der Waals surface area (Å²) in [7, 11) is 3.92. The second kappa shape index (κ2) is 7.99. The minimum absolute atomic E-state index is 0.564. The summed E-state index contributed by atoms with van der Waals surface area (Å²) in [6, 6.07) is 22.6. The first-order valence-electron chi connectivity index (χ1n) is 9.40. The molecule has 2 heterocycles. The molecular weight excluding hydrogens is 358 g/mol. The van der Waals surface area contributed by atoms with E-state index in [1.54, 1.807) is 0 Å². The highest BCUT2D eigenvalue weighted by Crippen LogP contribution is 2.32. The largest absolute Gasteiger partial charge is 0.383 e. The van der Waals surface area contributed by atoms with Gasteiger partial charge in [-0.2, -0.15) is 5.26 Å². The van der Waals surface area contributed by atoms with Crippen molar-refractivity contribution in [2.45, 2.75) is 6.54 Å². The summed E-state index contributed by atoms with van der Waals surface area (Å²) in [5.74, 6) is 0. The molecule has 4 aromatic rings. The van der Waals surface area contributed by atoms with Crippen LogP contribution in [0.25, 0.3) is 28.4 Å². The van der Waals surface area contributed by atoms with Crippen LogP contribution in [0, 0.1) is 11.3 Å². The third kappa shape index (κ3) is 3.61. The molecule has 0 unspecified atom stereocenters. The van der Waals surface area contributed by atoms with Gasteiger partial charge in [0.25, 0.3) is 0 Å². The van der Waals surface area contributed by atoms with Gasteiger partial charge in [-0.25, -0.2) is 9.97 Å². The van der Waals surface area contributed by atoms with Gasteiger partial charge in [0.2, 0.25) is 0 Å². The Morgan fingerprint density at radius 1 is 1.00 bits per heavy atom. The van der Waals surface area contributed by atoms with E-state index < -0.39 is 0 Å². The molecule has 2 aromatic carbocycles. The Hall–Kier alpha value is -3.91. The lowest BCUT2D eigenvalue weighted by atomic mass is 10.1. The molecule has 0 N–H and O–H groups in total. The van der Waals surface area contributed by atoms with Crippen molar-refractivity contribution in [2.75, 3.05) is 14.1 Å². The second-order valence-corrected chi connectivity index (χ2v) is 7.01. The summed E-state index contributed by atoms with van der Waals surface area (Å²) in [6.45, 7) is 0.624. The van der Waals surface area contributed by atoms with E-state index in [0.29, 0.717) is 17.6 Å². The molecule has 4 rings (SSSR count). The van der Waals surface area contributed by atoms with Crippen LogP contribution in [0.5, 0.6) is 0 Å². The molecular formula is C24H21N5. The van der Waals surface area contributed by atoms with Crippen molar-refractivity contribution in [1.82, 2.24) is 19.4 Å². The van der Waals surface area contributed by atoms with Crippen molar-refractivity contribution in [2.24, 2.45) is 0 Å². The molecule has 0 aliphatic carbocycles. The molecule has 0 saturated carbocycles. The second-order valence-electron chi connectivity index (χ2n) is 7.01. The van der Waals surface area contributed by atoms with E-state index in [4.69, 9.17) is 0 Å². The van der Waals surface area contributed by atoms with E-state index in [2.05, 4.69) is 32.7 Å². The molecule has 29 heavy (non-hydrogen) atoms. The van der Waals surface area contributed by atoms with Crippen LogP contribution in [-0.2, 0) is 6.54 Å². The maximum Gasteiger partial charge on any atom is 0.116 e. The number of fused-ring (bicyclic) bond motifs is 1. The normalized spacial score (nSPS) is 11.1. The number of rotatable bonds is 5. The van der Waals surface area contributed by atoms with Crippen molar-refractivity contribution < 1.29 is 0 Å². The average Bonchev–Trinajstić information content (AvgIpc) is 3.06. The average molecular weight is 379 g/mol. The summed E-state index contributed by atoms with van der Waals surface area (Å²) in [6.07, 6.45) is 5.46. The molecule has 2 aromatic heterocycles. The van der Waals surface area contributed by atoms with Gasteiger partial charge >= 0.3 is 0 Å². The molecule has 0 saturated heterocycles. The number of benzene rings is 2. The number of aromatic nitrogens is 3. The summed E-state index contributed by atoms with van der Waals surface area (Å²) >= 11 is 0. The van der Waals surface area contributed by atoms with Crippen molar-refractivity contribution in [3.63, 3.8) is 0 Å². The van der Waals surface area contributed by atoms with Crippen molar-refractivity contribution in [3.8, 4) is 17.3 Å². The molecule has 0 bridgehead atoms. The zero-order valence-corrected chi connectivity index (χ0v) is 16.4. The summed E-state index contributed by atoms with van der Waals surface area (Å²) < 4.78 is 2.14. The highest BCUT2D eigenvalue weighted by molar-refractivity contribution is 5.96. The quantitative estimate of drug-likeness (QED) is 0.510. The highest BCUT2D eigenvalue weighted by Gasteiger charge is 2.21. The molecule has 142 valence electrons. The van der Waals surface area contributed by atoms with Crippen molar-refractivity contribution in [1.29, 1.82) is 5.26 Å². The van der Waals surface area contributed by atoms with Gasteiger partial charge in [-0.05, 0) is 11.6 Å². The van der Waals surface area contributed by atoms with Gasteiger partial charge in [-0.15, -0.1) is 0 Å². The van der Waals surface area contributed by atoms with E-state index in [1.807, 2.05) is 79.8 Å². The van der Waals surface area contributed by atoms with E-state index in [1.165, 1.54) is 6.33 Å². The Labute approximate surface area is 170 Å². The van der Waals surface area contributed by atoms with Gasteiger partial charge < -0.3 is 9.47 Å². The molecule has 5 nitrogen and oxygen atoms in total. The van der Waals surface area contributed by atoms with Crippen LogP contribution in [0.15, 0.2) is 73.2 Å². The van der Waals surface area contributed by atoms with Gasteiger partial charge in [0.15, 0.2) is 0 Å². The first kappa shape index (κ1) is 18.5. The van der Waals surface area contributed by atoms with E-state index in [0.717, 1.165) is 28.0 Å². The van der Waals surface area contributed by atoms with Crippen LogP contribution in [0.1, 0.15) is 16.8 Å². The highest BCUT2D eigenvalue weighted by atomic mass is 15.1. The van der Waals surface area contributed by atoms with Crippen LogP contribution < -0.4 is 0 Å². The van der Waals surface area contributed by atoms with E-state index in [9.17, 15) is 5.26 Å². The van der Waals surface area contributed by atoms with Crippen LogP contribution in [0.3, 0.4) is 0 Å².